The Morgan fingerprint density at radius 2 is 1.89 bits per heavy atom. The lowest BCUT2D eigenvalue weighted by Gasteiger charge is -2.01. The first-order chi connectivity index (χ1) is 8.74. The largest absolute Gasteiger partial charge is 0.358 e. The summed E-state index contributed by atoms with van der Waals surface area (Å²) in [6.45, 7) is 5.25. The molecule has 2 heteroatoms. The maximum absolute atomic E-state index is 3.46. The molecular formula is C16H22N2. The first-order valence-electron chi connectivity index (χ1n) is 6.67. The Morgan fingerprint density at radius 3 is 2.50 bits per heavy atom. The third kappa shape index (κ3) is 2.82. The summed E-state index contributed by atoms with van der Waals surface area (Å²) >= 11 is 0. The van der Waals surface area contributed by atoms with Crippen LogP contribution < -0.4 is 5.32 Å². The standard InChI is InChI=1S/C16H22N2/c1-4-5-13-6-8-14(9-7-13)16-10-15(11-17-3)12(2)18-16/h6-10,17-18H,4-5,11H2,1-3H3. The second-order valence-corrected chi connectivity index (χ2v) is 4.81. The van der Waals surface area contributed by atoms with Crippen LogP contribution in [-0.2, 0) is 13.0 Å². The Morgan fingerprint density at radius 1 is 1.17 bits per heavy atom. The highest BCUT2D eigenvalue weighted by molar-refractivity contribution is 5.61. The van der Waals surface area contributed by atoms with E-state index in [1.807, 2.05) is 7.05 Å². The topological polar surface area (TPSA) is 27.8 Å². The van der Waals surface area contributed by atoms with Crippen LogP contribution in [0.4, 0.5) is 0 Å². The first-order valence-corrected chi connectivity index (χ1v) is 6.67. The van der Waals surface area contributed by atoms with Gasteiger partial charge in [-0.2, -0.15) is 0 Å². The maximum Gasteiger partial charge on any atom is 0.0459 e. The minimum atomic E-state index is 0.913. The van der Waals surface area contributed by atoms with Crippen molar-refractivity contribution in [3.63, 3.8) is 0 Å². The predicted molar refractivity (Wildman–Crippen MR) is 77.7 cm³/mol. The Bertz CT molecular complexity index is 494. The van der Waals surface area contributed by atoms with Gasteiger partial charge in [0.25, 0.3) is 0 Å². The van der Waals surface area contributed by atoms with Gasteiger partial charge in [0.1, 0.15) is 0 Å². The number of benzene rings is 1. The number of rotatable bonds is 5. The second kappa shape index (κ2) is 5.87. The number of aryl methyl sites for hydroxylation is 2. The van der Waals surface area contributed by atoms with Crippen molar-refractivity contribution in [2.24, 2.45) is 0 Å². The van der Waals surface area contributed by atoms with E-state index in [4.69, 9.17) is 0 Å². The molecule has 2 rings (SSSR count). The van der Waals surface area contributed by atoms with Crippen molar-refractivity contribution < 1.29 is 0 Å². The van der Waals surface area contributed by atoms with E-state index in [9.17, 15) is 0 Å². The van der Waals surface area contributed by atoms with E-state index < -0.39 is 0 Å². The zero-order chi connectivity index (χ0) is 13.0. The van der Waals surface area contributed by atoms with Crippen LogP contribution in [0.2, 0.25) is 0 Å². The summed E-state index contributed by atoms with van der Waals surface area (Å²) in [6.07, 6.45) is 2.36. The van der Waals surface area contributed by atoms with Crippen molar-refractivity contribution in [2.75, 3.05) is 7.05 Å². The fourth-order valence-corrected chi connectivity index (χ4v) is 2.27. The van der Waals surface area contributed by atoms with Crippen molar-refractivity contribution in [1.29, 1.82) is 0 Å². The average molecular weight is 242 g/mol. The lowest BCUT2D eigenvalue weighted by atomic mass is 10.1. The molecule has 0 atom stereocenters. The molecule has 0 bridgehead atoms. The zero-order valence-corrected chi connectivity index (χ0v) is 11.5. The molecule has 0 spiro atoms. The van der Waals surface area contributed by atoms with Gasteiger partial charge in [0, 0.05) is 17.9 Å². The van der Waals surface area contributed by atoms with Crippen LogP contribution in [0.15, 0.2) is 30.3 Å². The van der Waals surface area contributed by atoms with Crippen molar-refractivity contribution in [2.45, 2.75) is 33.2 Å². The van der Waals surface area contributed by atoms with E-state index >= 15 is 0 Å². The molecule has 96 valence electrons. The smallest absolute Gasteiger partial charge is 0.0459 e. The van der Waals surface area contributed by atoms with Crippen molar-refractivity contribution in [3.05, 3.63) is 47.2 Å². The molecule has 0 radical (unpaired) electrons. The van der Waals surface area contributed by atoms with Crippen LogP contribution >= 0.6 is 0 Å². The molecular weight excluding hydrogens is 220 g/mol. The SMILES string of the molecule is CCCc1ccc(-c2cc(CNC)c(C)[nH]2)cc1. The highest BCUT2D eigenvalue weighted by Crippen LogP contribution is 2.22. The molecule has 0 amide bonds. The van der Waals surface area contributed by atoms with Crippen LogP contribution in [0.1, 0.15) is 30.2 Å². The highest BCUT2D eigenvalue weighted by atomic mass is 14.8. The van der Waals surface area contributed by atoms with Crippen molar-refractivity contribution in [1.82, 2.24) is 10.3 Å². The normalized spacial score (nSPS) is 10.8. The van der Waals surface area contributed by atoms with Gasteiger partial charge in [0.15, 0.2) is 0 Å². The zero-order valence-electron chi connectivity index (χ0n) is 11.5. The lowest BCUT2D eigenvalue weighted by Crippen LogP contribution is -2.04. The van der Waals surface area contributed by atoms with Gasteiger partial charge in [0.2, 0.25) is 0 Å². The van der Waals surface area contributed by atoms with Gasteiger partial charge in [-0.1, -0.05) is 37.6 Å². The van der Waals surface area contributed by atoms with E-state index in [1.165, 1.54) is 34.5 Å². The predicted octanol–water partition coefficient (Wildman–Crippen LogP) is 3.66. The molecule has 0 saturated heterocycles. The van der Waals surface area contributed by atoms with Crippen molar-refractivity contribution in [3.8, 4) is 11.3 Å². The summed E-state index contributed by atoms with van der Waals surface area (Å²) in [4.78, 5) is 3.46. The van der Waals surface area contributed by atoms with Gasteiger partial charge in [-0.15, -0.1) is 0 Å². The van der Waals surface area contributed by atoms with Gasteiger partial charge in [-0.05, 0) is 43.1 Å². The van der Waals surface area contributed by atoms with Crippen molar-refractivity contribution >= 4 is 0 Å². The first kappa shape index (κ1) is 12.9. The average Bonchev–Trinajstić information content (AvgIpc) is 2.73. The number of hydrogen-bond donors (Lipinski definition) is 2. The Balaban J connectivity index is 2.22. The number of aromatic amines is 1. The Kier molecular flexibility index (Phi) is 4.21. The summed E-state index contributed by atoms with van der Waals surface area (Å²) in [5.41, 5.74) is 6.48. The van der Waals surface area contributed by atoms with Gasteiger partial charge in [-0.3, -0.25) is 0 Å². The van der Waals surface area contributed by atoms with Gasteiger partial charge >= 0.3 is 0 Å². The highest BCUT2D eigenvalue weighted by Gasteiger charge is 2.05. The molecule has 1 aromatic heterocycles. The van der Waals surface area contributed by atoms with E-state index in [1.54, 1.807) is 0 Å². The van der Waals surface area contributed by atoms with Gasteiger partial charge in [0.05, 0.1) is 0 Å². The van der Waals surface area contributed by atoms with E-state index in [0.29, 0.717) is 0 Å². The molecule has 1 aromatic carbocycles. The molecule has 0 saturated carbocycles. The van der Waals surface area contributed by atoms with Crippen LogP contribution in [0, 0.1) is 6.92 Å². The molecule has 0 fully saturated rings. The monoisotopic (exact) mass is 242 g/mol. The number of hydrogen-bond acceptors (Lipinski definition) is 1. The Hall–Kier alpha value is -1.54. The lowest BCUT2D eigenvalue weighted by molar-refractivity contribution is 0.812. The molecule has 2 nitrogen and oxygen atoms in total. The third-order valence-electron chi connectivity index (χ3n) is 3.29. The Labute approximate surface area is 109 Å². The molecule has 0 unspecified atom stereocenters. The minimum Gasteiger partial charge on any atom is -0.358 e. The summed E-state index contributed by atoms with van der Waals surface area (Å²) in [6, 6.07) is 11.1. The van der Waals surface area contributed by atoms with E-state index in [0.717, 1.165) is 13.0 Å². The second-order valence-electron chi connectivity index (χ2n) is 4.81. The molecule has 0 aliphatic carbocycles. The summed E-state index contributed by atoms with van der Waals surface area (Å²) < 4.78 is 0. The number of H-pyrrole nitrogens is 1. The fraction of sp³-hybridized carbons (Fsp3) is 0.375. The van der Waals surface area contributed by atoms with Crippen LogP contribution in [0.3, 0.4) is 0 Å². The molecule has 2 N–H and O–H groups in total. The molecule has 1 heterocycles. The molecule has 0 aliphatic rings. The molecule has 0 aliphatic heterocycles. The summed E-state index contributed by atoms with van der Waals surface area (Å²) in [5, 5.41) is 3.20. The van der Waals surface area contributed by atoms with E-state index in [2.05, 4.69) is 54.5 Å². The summed E-state index contributed by atoms with van der Waals surface area (Å²) in [5.74, 6) is 0. The van der Waals surface area contributed by atoms with E-state index in [-0.39, 0.29) is 0 Å². The van der Waals surface area contributed by atoms with Gasteiger partial charge in [-0.25, -0.2) is 0 Å². The molecule has 2 aromatic rings. The van der Waals surface area contributed by atoms with Gasteiger partial charge < -0.3 is 10.3 Å². The van der Waals surface area contributed by atoms with Crippen LogP contribution in [0.5, 0.6) is 0 Å². The summed E-state index contributed by atoms with van der Waals surface area (Å²) in [7, 11) is 1.98. The maximum atomic E-state index is 3.46. The van der Waals surface area contributed by atoms with Crippen LogP contribution in [0.25, 0.3) is 11.3 Å². The quantitative estimate of drug-likeness (QED) is 0.822. The number of nitrogens with one attached hydrogen (secondary N) is 2. The minimum absolute atomic E-state index is 0.913. The third-order valence-corrected chi connectivity index (χ3v) is 3.29. The molecule has 18 heavy (non-hydrogen) atoms. The fourth-order valence-electron chi connectivity index (χ4n) is 2.27. The van der Waals surface area contributed by atoms with Crippen LogP contribution in [-0.4, -0.2) is 12.0 Å². The number of aromatic nitrogens is 1.